The van der Waals surface area contributed by atoms with E-state index in [1.165, 1.54) is 10.5 Å². The number of aliphatic hydroxyl groups excluding tert-OH is 1. The number of aliphatic hydroxyl groups is 1. The summed E-state index contributed by atoms with van der Waals surface area (Å²) in [7, 11) is 0. The molecule has 2 atom stereocenters. The molecule has 0 saturated carbocycles. The molecule has 1 N–H and O–H groups in total. The zero-order chi connectivity index (χ0) is 14.8. The Morgan fingerprint density at radius 1 is 1.33 bits per heavy atom. The van der Waals surface area contributed by atoms with Crippen LogP contribution in [0.25, 0.3) is 0 Å². The van der Waals surface area contributed by atoms with Crippen molar-refractivity contribution in [1.29, 1.82) is 0 Å². The third-order valence-electron chi connectivity index (χ3n) is 3.56. The summed E-state index contributed by atoms with van der Waals surface area (Å²) in [6, 6.07) is 13.9. The quantitative estimate of drug-likeness (QED) is 0.900. The average Bonchev–Trinajstić information content (AvgIpc) is 2.88. The lowest BCUT2D eigenvalue weighted by molar-refractivity contribution is 0.191. The van der Waals surface area contributed by atoms with E-state index in [1.807, 2.05) is 17.8 Å². The Morgan fingerprint density at radius 2 is 2.14 bits per heavy atom. The second-order valence-electron chi connectivity index (χ2n) is 5.22. The molecule has 2 nitrogen and oxygen atoms in total. The summed E-state index contributed by atoms with van der Waals surface area (Å²) in [5, 5.41) is 10.8. The lowest BCUT2D eigenvalue weighted by atomic mass is 10.1. The van der Waals surface area contributed by atoms with E-state index in [4.69, 9.17) is 16.3 Å². The van der Waals surface area contributed by atoms with Crippen molar-refractivity contribution in [2.75, 3.05) is 6.61 Å². The first-order valence-corrected chi connectivity index (χ1v) is 8.24. The Kier molecular flexibility index (Phi) is 4.43. The molecule has 0 bridgehead atoms. The minimum absolute atomic E-state index is 0.417. The van der Waals surface area contributed by atoms with Gasteiger partial charge in [0.05, 0.1) is 6.10 Å². The van der Waals surface area contributed by atoms with Crippen LogP contribution in [-0.4, -0.2) is 17.0 Å². The Labute approximate surface area is 134 Å². The maximum atomic E-state index is 9.82. The highest BCUT2D eigenvalue weighted by molar-refractivity contribution is 8.00. The van der Waals surface area contributed by atoms with Crippen LogP contribution < -0.4 is 4.74 Å². The molecule has 1 unspecified atom stereocenters. The van der Waals surface area contributed by atoms with Crippen LogP contribution in [0.3, 0.4) is 0 Å². The van der Waals surface area contributed by atoms with Gasteiger partial charge in [0.2, 0.25) is 0 Å². The third-order valence-corrected chi connectivity index (χ3v) is 5.08. The summed E-state index contributed by atoms with van der Waals surface area (Å²) in [5.41, 5.74) is 2.13. The van der Waals surface area contributed by atoms with Gasteiger partial charge in [-0.25, -0.2) is 0 Å². The van der Waals surface area contributed by atoms with E-state index in [2.05, 4.69) is 24.3 Å². The summed E-state index contributed by atoms with van der Waals surface area (Å²) in [5.74, 6) is 0.714. The Balaban J connectivity index is 1.67. The molecule has 0 fully saturated rings. The SMILES string of the molecule is C[C@H](O)c1cc(Cl)ccc1OCC1Cc2ccccc2S1. The van der Waals surface area contributed by atoms with Crippen molar-refractivity contribution in [1.82, 2.24) is 0 Å². The van der Waals surface area contributed by atoms with Crippen molar-refractivity contribution in [3.8, 4) is 5.75 Å². The van der Waals surface area contributed by atoms with Crippen LogP contribution in [0.1, 0.15) is 24.2 Å². The molecule has 1 heterocycles. The van der Waals surface area contributed by atoms with Crippen LogP contribution in [0, 0.1) is 0 Å². The Bertz CT molecular complexity index is 617. The van der Waals surface area contributed by atoms with E-state index in [0.29, 0.717) is 22.6 Å². The summed E-state index contributed by atoms with van der Waals surface area (Å²) >= 11 is 7.84. The third kappa shape index (κ3) is 3.37. The van der Waals surface area contributed by atoms with Crippen molar-refractivity contribution in [3.05, 3.63) is 58.6 Å². The number of fused-ring (bicyclic) bond motifs is 1. The molecule has 110 valence electrons. The summed E-state index contributed by atoms with van der Waals surface area (Å²) in [6.45, 7) is 2.35. The second-order valence-corrected chi connectivity index (χ2v) is 7.00. The average molecular weight is 321 g/mol. The van der Waals surface area contributed by atoms with Gasteiger partial charge in [0.25, 0.3) is 0 Å². The molecule has 2 aromatic rings. The maximum absolute atomic E-state index is 9.82. The van der Waals surface area contributed by atoms with Gasteiger partial charge < -0.3 is 9.84 Å². The normalized spacial score (nSPS) is 18.3. The molecular formula is C17H17ClO2S. The summed E-state index contributed by atoms with van der Waals surface area (Å²) in [4.78, 5) is 1.35. The number of hydrogen-bond acceptors (Lipinski definition) is 3. The molecule has 3 rings (SSSR count). The number of rotatable bonds is 4. The minimum Gasteiger partial charge on any atom is -0.492 e. The molecule has 1 aliphatic heterocycles. The number of benzene rings is 2. The van der Waals surface area contributed by atoms with Gasteiger partial charge in [0.15, 0.2) is 0 Å². The van der Waals surface area contributed by atoms with E-state index in [-0.39, 0.29) is 0 Å². The second kappa shape index (κ2) is 6.30. The van der Waals surface area contributed by atoms with Crippen molar-refractivity contribution in [3.63, 3.8) is 0 Å². The highest BCUT2D eigenvalue weighted by Gasteiger charge is 2.22. The predicted octanol–water partition coefficient (Wildman–Crippen LogP) is 4.49. The molecule has 0 amide bonds. The van der Waals surface area contributed by atoms with Gasteiger partial charge in [-0.1, -0.05) is 29.8 Å². The minimum atomic E-state index is -0.591. The van der Waals surface area contributed by atoms with Crippen molar-refractivity contribution >= 4 is 23.4 Å². The Morgan fingerprint density at radius 3 is 2.90 bits per heavy atom. The van der Waals surface area contributed by atoms with Crippen LogP contribution >= 0.6 is 23.4 Å². The zero-order valence-corrected chi connectivity index (χ0v) is 13.3. The Hall–Kier alpha value is -1.16. The van der Waals surface area contributed by atoms with Crippen LogP contribution in [0.2, 0.25) is 5.02 Å². The van der Waals surface area contributed by atoms with Crippen molar-refractivity contribution in [2.24, 2.45) is 0 Å². The molecule has 0 spiro atoms. The van der Waals surface area contributed by atoms with E-state index < -0.39 is 6.10 Å². The van der Waals surface area contributed by atoms with E-state index >= 15 is 0 Å². The topological polar surface area (TPSA) is 29.5 Å². The highest BCUT2D eigenvalue weighted by atomic mass is 35.5. The standard InChI is InChI=1S/C17H17ClO2S/c1-11(19)15-9-13(18)6-7-16(15)20-10-14-8-12-4-2-3-5-17(12)21-14/h2-7,9,11,14,19H,8,10H2,1H3/t11-,14?/m0/s1. The fourth-order valence-corrected chi connectivity index (χ4v) is 3.91. The van der Waals surface area contributed by atoms with Crippen molar-refractivity contribution < 1.29 is 9.84 Å². The fourth-order valence-electron chi connectivity index (χ4n) is 2.51. The van der Waals surface area contributed by atoms with Crippen LogP contribution in [0.15, 0.2) is 47.4 Å². The number of halogens is 1. The number of ether oxygens (including phenoxy) is 1. The van der Waals surface area contributed by atoms with Gasteiger partial charge in [-0.2, -0.15) is 0 Å². The monoisotopic (exact) mass is 320 g/mol. The van der Waals surface area contributed by atoms with Gasteiger partial charge in [0, 0.05) is 20.7 Å². The summed E-state index contributed by atoms with van der Waals surface area (Å²) in [6.07, 6.45) is 0.436. The van der Waals surface area contributed by atoms with Gasteiger partial charge in [-0.05, 0) is 43.2 Å². The molecule has 21 heavy (non-hydrogen) atoms. The molecule has 2 aromatic carbocycles. The van der Waals surface area contributed by atoms with Gasteiger partial charge >= 0.3 is 0 Å². The lowest BCUT2D eigenvalue weighted by Crippen LogP contribution is -2.14. The molecule has 4 heteroatoms. The van der Waals surface area contributed by atoms with Crippen LogP contribution in [0.5, 0.6) is 5.75 Å². The van der Waals surface area contributed by atoms with Crippen LogP contribution in [0.4, 0.5) is 0 Å². The largest absolute Gasteiger partial charge is 0.492 e. The van der Waals surface area contributed by atoms with Gasteiger partial charge in [-0.15, -0.1) is 11.8 Å². The van der Waals surface area contributed by atoms with Gasteiger partial charge in [0.1, 0.15) is 12.4 Å². The molecule has 0 radical (unpaired) electrons. The fraction of sp³-hybridized carbons (Fsp3) is 0.294. The first-order chi connectivity index (χ1) is 10.1. The number of hydrogen-bond donors (Lipinski definition) is 1. The van der Waals surface area contributed by atoms with Crippen molar-refractivity contribution in [2.45, 2.75) is 29.6 Å². The van der Waals surface area contributed by atoms with Crippen LogP contribution in [-0.2, 0) is 6.42 Å². The maximum Gasteiger partial charge on any atom is 0.125 e. The lowest BCUT2D eigenvalue weighted by Gasteiger charge is -2.16. The van der Waals surface area contributed by atoms with E-state index in [9.17, 15) is 5.11 Å². The molecule has 0 aliphatic carbocycles. The predicted molar refractivity (Wildman–Crippen MR) is 87.4 cm³/mol. The first-order valence-electron chi connectivity index (χ1n) is 6.98. The number of thioether (sulfide) groups is 1. The van der Waals surface area contributed by atoms with E-state index in [1.54, 1.807) is 19.1 Å². The summed E-state index contributed by atoms with van der Waals surface area (Å²) < 4.78 is 5.93. The molecule has 1 aliphatic rings. The van der Waals surface area contributed by atoms with E-state index in [0.717, 1.165) is 12.0 Å². The highest BCUT2D eigenvalue weighted by Crippen LogP contribution is 2.37. The zero-order valence-electron chi connectivity index (χ0n) is 11.8. The smallest absolute Gasteiger partial charge is 0.125 e. The first kappa shape index (κ1) is 14.8. The molecular weight excluding hydrogens is 304 g/mol. The molecule has 0 saturated heterocycles. The molecule has 0 aromatic heterocycles. The van der Waals surface area contributed by atoms with Gasteiger partial charge in [-0.3, -0.25) is 0 Å².